The van der Waals surface area contributed by atoms with Crippen LogP contribution < -0.4 is 20.8 Å². The van der Waals surface area contributed by atoms with Crippen LogP contribution in [0.5, 0.6) is 5.75 Å². The van der Waals surface area contributed by atoms with Crippen molar-refractivity contribution < 1.29 is 19.1 Å². The number of carbonyl (C=O) groups is 3. The van der Waals surface area contributed by atoms with Crippen molar-refractivity contribution in [1.29, 1.82) is 0 Å². The number of hydrogen-bond acceptors (Lipinski definition) is 5. The van der Waals surface area contributed by atoms with Gasteiger partial charge in [-0.1, -0.05) is 35.3 Å². The molecule has 0 fully saturated rings. The predicted octanol–water partition coefficient (Wildman–Crippen LogP) is 2.60. The van der Waals surface area contributed by atoms with Crippen LogP contribution in [-0.2, 0) is 14.4 Å². The number of para-hydroxylation sites is 1. The third-order valence-electron chi connectivity index (χ3n) is 3.39. The van der Waals surface area contributed by atoms with Crippen LogP contribution in [0.3, 0.4) is 0 Å². The molecule has 0 spiro atoms. The number of benzene rings is 2. The van der Waals surface area contributed by atoms with E-state index in [9.17, 15) is 14.4 Å². The number of likely N-dealkylation sites (N-methyl/N-ethyl adjacent to an activating group) is 1. The molecule has 0 unspecified atom stereocenters. The Labute approximate surface area is 177 Å². The van der Waals surface area contributed by atoms with Gasteiger partial charge in [-0.25, -0.2) is 5.43 Å². The lowest BCUT2D eigenvalue weighted by molar-refractivity contribution is -0.139. The summed E-state index contributed by atoms with van der Waals surface area (Å²) >= 11 is 11.8. The summed E-state index contributed by atoms with van der Waals surface area (Å²) in [5.41, 5.74) is 3.10. The van der Waals surface area contributed by atoms with Crippen LogP contribution in [0.15, 0.2) is 47.6 Å². The minimum Gasteiger partial charge on any atom is -0.483 e. The number of carbonyl (C=O) groups excluding carboxylic acids is 3. The molecule has 3 N–H and O–H groups in total. The number of halogens is 2. The standard InChI is InChI=1S/C19H18Cl2N4O4/c1-2-22-18(27)19(28)25-23-10-12-5-3-4-6-16(12)29-11-17(26)24-13-7-8-14(20)15(21)9-13/h3-10H,2,11H2,1H3,(H,22,27)(H,24,26)(H,25,28)/b23-10-. The first kappa shape index (κ1) is 22.2. The van der Waals surface area contributed by atoms with Crippen LogP contribution in [0.2, 0.25) is 10.0 Å². The number of hydrogen-bond donors (Lipinski definition) is 3. The van der Waals surface area contributed by atoms with E-state index in [0.717, 1.165) is 0 Å². The van der Waals surface area contributed by atoms with Gasteiger partial charge in [0.25, 0.3) is 5.91 Å². The molecule has 0 saturated carbocycles. The molecule has 0 aliphatic carbocycles. The molecule has 0 aliphatic heterocycles. The van der Waals surface area contributed by atoms with E-state index in [4.69, 9.17) is 27.9 Å². The minimum atomic E-state index is -0.887. The Hall–Kier alpha value is -3.10. The summed E-state index contributed by atoms with van der Waals surface area (Å²) in [6, 6.07) is 11.5. The highest BCUT2D eigenvalue weighted by Crippen LogP contribution is 2.25. The van der Waals surface area contributed by atoms with Crippen LogP contribution in [0.1, 0.15) is 12.5 Å². The first-order chi connectivity index (χ1) is 13.9. The lowest BCUT2D eigenvalue weighted by Gasteiger charge is -2.10. The third-order valence-corrected chi connectivity index (χ3v) is 4.13. The first-order valence-corrected chi connectivity index (χ1v) is 9.24. The van der Waals surface area contributed by atoms with Crippen LogP contribution in [0, 0.1) is 0 Å². The van der Waals surface area contributed by atoms with Crippen LogP contribution >= 0.6 is 23.2 Å². The number of nitrogens with zero attached hydrogens (tertiary/aromatic N) is 1. The van der Waals surface area contributed by atoms with Crippen molar-refractivity contribution in [3.05, 3.63) is 58.1 Å². The van der Waals surface area contributed by atoms with Gasteiger partial charge in [0, 0.05) is 17.8 Å². The molecule has 2 aromatic carbocycles. The molecule has 8 nitrogen and oxygen atoms in total. The second-order valence-electron chi connectivity index (χ2n) is 5.56. The molecule has 0 saturated heterocycles. The molecule has 3 amide bonds. The molecule has 0 aromatic heterocycles. The third kappa shape index (κ3) is 7.10. The van der Waals surface area contributed by atoms with Crippen molar-refractivity contribution in [3.63, 3.8) is 0 Å². The zero-order valence-electron chi connectivity index (χ0n) is 15.4. The molecule has 0 bridgehead atoms. The van der Waals surface area contributed by atoms with E-state index in [0.29, 0.717) is 33.6 Å². The maximum absolute atomic E-state index is 12.1. The van der Waals surface area contributed by atoms with Crippen LogP contribution in [0.25, 0.3) is 0 Å². The zero-order valence-corrected chi connectivity index (χ0v) is 16.9. The molecule has 152 valence electrons. The van der Waals surface area contributed by atoms with Crippen molar-refractivity contribution in [1.82, 2.24) is 10.7 Å². The van der Waals surface area contributed by atoms with Crippen molar-refractivity contribution in [3.8, 4) is 5.75 Å². The summed E-state index contributed by atoms with van der Waals surface area (Å²) in [4.78, 5) is 34.9. The summed E-state index contributed by atoms with van der Waals surface area (Å²) in [6.45, 7) is 1.76. The molecular weight excluding hydrogens is 419 g/mol. The zero-order chi connectivity index (χ0) is 21.2. The van der Waals surface area contributed by atoms with E-state index < -0.39 is 17.7 Å². The van der Waals surface area contributed by atoms with Crippen molar-refractivity contribution in [2.45, 2.75) is 6.92 Å². The van der Waals surface area contributed by atoms with E-state index in [2.05, 4.69) is 21.2 Å². The fourth-order valence-corrected chi connectivity index (χ4v) is 2.38. The Morgan fingerprint density at radius 1 is 1.07 bits per heavy atom. The Balaban J connectivity index is 1.93. The second kappa shape index (κ2) is 11.0. The fourth-order valence-electron chi connectivity index (χ4n) is 2.08. The summed E-state index contributed by atoms with van der Waals surface area (Å²) in [7, 11) is 0. The predicted molar refractivity (Wildman–Crippen MR) is 111 cm³/mol. The smallest absolute Gasteiger partial charge is 0.329 e. The van der Waals surface area contributed by atoms with E-state index >= 15 is 0 Å². The topological polar surface area (TPSA) is 109 Å². The van der Waals surface area contributed by atoms with Gasteiger partial charge in [0.2, 0.25) is 0 Å². The second-order valence-corrected chi connectivity index (χ2v) is 6.38. The van der Waals surface area contributed by atoms with E-state index in [1.165, 1.54) is 12.3 Å². The summed E-state index contributed by atoms with van der Waals surface area (Å²) in [5.74, 6) is -1.71. The van der Waals surface area contributed by atoms with Crippen molar-refractivity contribution in [2.24, 2.45) is 5.10 Å². The molecule has 10 heteroatoms. The Morgan fingerprint density at radius 3 is 2.55 bits per heavy atom. The van der Waals surface area contributed by atoms with Gasteiger partial charge < -0.3 is 15.4 Å². The van der Waals surface area contributed by atoms with Gasteiger partial charge in [-0.3, -0.25) is 14.4 Å². The molecule has 2 aromatic rings. The summed E-state index contributed by atoms with van der Waals surface area (Å²) < 4.78 is 5.51. The van der Waals surface area contributed by atoms with E-state index in [1.807, 2.05) is 0 Å². The van der Waals surface area contributed by atoms with Gasteiger partial charge in [-0.15, -0.1) is 0 Å². The first-order valence-electron chi connectivity index (χ1n) is 8.48. The van der Waals surface area contributed by atoms with Gasteiger partial charge >= 0.3 is 11.8 Å². The molecule has 0 atom stereocenters. The van der Waals surface area contributed by atoms with Gasteiger partial charge in [-0.2, -0.15) is 5.10 Å². The normalized spacial score (nSPS) is 10.4. The van der Waals surface area contributed by atoms with Gasteiger partial charge in [0.05, 0.1) is 16.3 Å². The van der Waals surface area contributed by atoms with Crippen molar-refractivity contribution >= 4 is 52.8 Å². The summed E-state index contributed by atoms with van der Waals surface area (Å²) in [6.07, 6.45) is 1.31. The lowest BCUT2D eigenvalue weighted by atomic mass is 10.2. The number of hydrazone groups is 1. The molecule has 0 heterocycles. The molecule has 0 radical (unpaired) electrons. The van der Waals surface area contributed by atoms with E-state index in [1.54, 1.807) is 43.3 Å². The number of ether oxygens (including phenoxy) is 1. The number of anilines is 1. The molecule has 2 rings (SSSR count). The maximum Gasteiger partial charge on any atom is 0.329 e. The van der Waals surface area contributed by atoms with E-state index in [-0.39, 0.29) is 6.61 Å². The lowest BCUT2D eigenvalue weighted by Crippen LogP contribution is -2.37. The fraction of sp³-hybridized carbons (Fsp3) is 0.158. The average molecular weight is 437 g/mol. The monoisotopic (exact) mass is 436 g/mol. The highest BCUT2D eigenvalue weighted by molar-refractivity contribution is 6.42. The van der Waals surface area contributed by atoms with Gasteiger partial charge in [0.1, 0.15) is 5.75 Å². The maximum atomic E-state index is 12.1. The Bertz CT molecular complexity index is 934. The van der Waals surface area contributed by atoms with Crippen LogP contribution in [0.4, 0.5) is 5.69 Å². The van der Waals surface area contributed by atoms with Crippen LogP contribution in [-0.4, -0.2) is 37.1 Å². The van der Waals surface area contributed by atoms with Gasteiger partial charge in [-0.05, 0) is 37.3 Å². The largest absolute Gasteiger partial charge is 0.483 e. The highest BCUT2D eigenvalue weighted by Gasteiger charge is 2.11. The van der Waals surface area contributed by atoms with Gasteiger partial charge in [0.15, 0.2) is 6.61 Å². The molecule has 29 heavy (non-hydrogen) atoms. The minimum absolute atomic E-state index is 0.267. The Kier molecular flexibility index (Phi) is 8.45. The molecular formula is C19H18Cl2N4O4. The number of rotatable bonds is 7. The highest BCUT2D eigenvalue weighted by atomic mass is 35.5. The average Bonchev–Trinajstić information content (AvgIpc) is 2.70. The summed E-state index contributed by atoms with van der Waals surface area (Å²) in [5, 5.41) is 9.42. The molecule has 0 aliphatic rings. The van der Waals surface area contributed by atoms with Crippen molar-refractivity contribution in [2.75, 3.05) is 18.5 Å². The quantitative estimate of drug-likeness (QED) is 0.352. The SMILES string of the molecule is CCNC(=O)C(=O)N/N=C\c1ccccc1OCC(=O)Nc1ccc(Cl)c(Cl)c1. The number of amides is 3. The number of nitrogens with one attached hydrogen (secondary N) is 3. The Morgan fingerprint density at radius 2 is 1.83 bits per heavy atom.